The van der Waals surface area contributed by atoms with Gasteiger partial charge in [0.05, 0.1) is 19.6 Å². The number of aliphatic carboxylic acids is 1. The van der Waals surface area contributed by atoms with Crippen LogP contribution in [0.2, 0.25) is 0 Å². The number of carbonyl (C=O) groups excluding carboxylic acids is 1. The Bertz CT molecular complexity index is 769. The number of nitrogens with one attached hydrogen (secondary N) is 1. The van der Waals surface area contributed by atoms with Crippen LogP contribution in [0.15, 0.2) is 41.0 Å². The molecular weight excluding hydrogens is 383 g/mol. The number of pyridine rings is 1. The van der Waals surface area contributed by atoms with Crippen LogP contribution in [0.4, 0.5) is 4.39 Å². The first kappa shape index (κ1) is 17.9. The zero-order valence-corrected chi connectivity index (χ0v) is 14.2. The fourth-order valence-electron chi connectivity index (χ4n) is 2.10. The number of carboxylic acids is 1. The van der Waals surface area contributed by atoms with Gasteiger partial charge in [0.2, 0.25) is 0 Å². The number of methoxy groups -OCH3 is 1. The second-order valence-electron chi connectivity index (χ2n) is 4.83. The monoisotopic (exact) mass is 396 g/mol. The zero-order valence-electron chi connectivity index (χ0n) is 12.6. The van der Waals surface area contributed by atoms with Gasteiger partial charge in [-0.1, -0.05) is 18.2 Å². The number of halogens is 2. The molecule has 0 aliphatic heterocycles. The third-order valence-electron chi connectivity index (χ3n) is 3.23. The van der Waals surface area contributed by atoms with Gasteiger partial charge in [0.15, 0.2) is 5.75 Å². The highest BCUT2D eigenvalue weighted by atomic mass is 79.9. The number of rotatable bonds is 6. The quantitative estimate of drug-likeness (QED) is 0.732. The van der Waals surface area contributed by atoms with Gasteiger partial charge in [-0.15, -0.1) is 0 Å². The van der Waals surface area contributed by atoms with E-state index in [1.54, 1.807) is 12.1 Å². The molecule has 0 aliphatic carbocycles. The lowest BCUT2D eigenvalue weighted by atomic mass is 10.0. The summed E-state index contributed by atoms with van der Waals surface area (Å²) in [7, 11) is 1.46. The van der Waals surface area contributed by atoms with E-state index in [1.807, 2.05) is 0 Å². The van der Waals surface area contributed by atoms with Crippen molar-refractivity contribution in [2.75, 3.05) is 7.11 Å². The summed E-state index contributed by atoms with van der Waals surface area (Å²) in [4.78, 5) is 27.4. The second-order valence-corrected chi connectivity index (χ2v) is 5.59. The summed E-state index contributed by atoms with van der Waals surface area (Å²) in [5, 5.41) is 11.5. The molecule has 24 heavy (non-hydrogen) atoms. The van der Waals surface area contributed by atoms with Crippen LogP contribution >= 0.6 is 15.9 Å². The molecule has 2 N–H and O–H groups in total. The molecular formula is C16H14BrFN2O4. The van der Waals surface area contributed by atoms with Crippen molar-refractivity contribution in [1.82, 2.24) is 10.3 Å². The van der Waals surface area contributed by atoms with Gasteiger partial charge in [0.1, 0.15) is 16.1 Å². The van der Waals surface area contributed by atoms with Crippen molar-refractivity contribution in [3.05, 3.63) is 58.1 Å². The highest BCUT2D eigenvalue weighted by Gasteiger charge is 2.22. The number of carboxylic acid groups (broad SMARTS) is 1. The molecule has 1 atom stereocenters. The second kappa shape index (κ2) is 7.87. The van der Waals surface area contributed by atoms with Crippen LogP contribution in [0.25, 0.3) is 0 Å². The smallest absolute Gasteiger partial charge is 0.305 e. The van der Waals surface area contributed by atoms with E-state index < -0.39 is 30.2 Å². The maximum absolute atomic E-state index is 13.9. The van der Waals surface area contributed by atoms with Crippen molar-refractivity contribution in [2.45, 2.75) is 12.5 Å². The summed E-state index contributed by atoms with van der Waals surface area (Å²) < 4.78 is 19.3. The van der Waals surface area contributed by atoms with Crippen LogP contribution in [0, 0.1) is 5.82 Å². The number of carbonyl (C=O) groups is 2. The van der Waals surface area contributed by atoms with Crippen LogP contribution in [0.3, 0.4) is 0 Å². The maximum atomic E-state index is 13.9. The van der Waals surface area contributed by atoms with Crippen molar-refractivity contribution in [3.63, 3.8) is 0 Å². The van der Waals surface area contributed by atoms with Gasteiger partial charge in [-0.25, -0.2) is 9.37 Å². The van der Waals surface area contributed by atoms with Crippen LogP contribution in [-0.2, 0) is 4.79 Å². The molecule has 0 bridgehead atoms. The molecule has 1 unspecified atom stereocenters. The van der Waals surface area contributed by atoms with Crippen molar-refractivity contribution in [1.29, 1.82) is 0 Å². The van der Waals surface area contributed by atoms with Gasteiger partial charge in [-0.3, -0.25) is 9.59 Å². The molecule has 1 heterocycles. The standard InChI is InChI=1S/C16H14BrFN2O4/c1-24-13-7-6-11(19-15(13)17)16(23)20-12(8-14(21)22)9-4-2-3-5-10(9)18/h2-7,12H,8H2,1H3,(H,20,23)(H,21,22). The lowest BCUT2D eigenvalue weighted by Gasteiger charge is -2.18. The molecule has 0 fully saturated rings. The van der Waals surface area contributed by atoms with E-state index in [0.29, 0.717) is 10.4 Å². The summed E-state index contributed by atoms with van der Waals surface area (Å²) in [6.45, 7) is 0. The highest BCUT2D eigenvalue weighted by molar-refractivity contribution is 9.10. The third kappa shape index (κ3) is 4.29. The lowest BCUT2D eigenvalue weighted by Crippen LogP contribution is -2.31. The minimum atomic E-state index is -1.16. The van der Waals surface area contributed by atoms with E-state index in [2.05, 4.69) is 26.2 Å². The number of amides is 1. The van der Waals surface area contributed by atoms with Crippen LogP contribution in [0.5, 0.6) is 5.75 Å². The van der Waals surface area contributed by atoms with Crippen molar-refractivity contribution in [2.24, 2.45) is 0 Å². The van der Waals surface area contributed by atoms with E-state index in [1.165, 1.54) is 31.4 Å². The summed E-state index contributed by atoms with van der Waals surface area (Å²) in [6, 6.07) is 7.65. The lowest BCUT2D eigenvalue weighted by molar-refractivity contribution is -0.137. The summed E-state index contributed by atoms with van der Waals surface area (Å²) >= 11 is 3.17. The molecule has 0 spiro atoms. The Morgan fingerprint density at radius 2 is 2.04 bits per heavy atom. The number of aromatic nitrogens is 1. The van der Waals surface area contributed by atoms with E-state index >= 15 is 0 Å². The first-order valence-electron chi connectivity index (χ1n) is 6.90. The normalized spacial score (nSPS) is 11.6. The first-order valence-corrected chi connectivity index (χ1v) is 7.69. The van der Waals surface area contributed by atoms with Crippen LogP contribution in [-0.4, -0.2) is 29.1 Å². The Balaban J connectivity index is 2.26. The highest BCUT2D eigenvalue weighted by Crippen LogP contribution is 2.24. The van der Waals surface area contributed by atoms with Gasteiger partial charge in [-0.05, 0) is 34.1 Å². The minimum absolute atomic E-state index is 0.0504. The first-order chi connectivity index (χ1) is 11.4. The molecule has 8 heteroatoms. The SMILES string of the molecule is COc1ccc(C(=O)NC(CC(=O)O)c2ccccc2F)nc1Br. The number of nitrogens with zero attached hydrogens (tertiary/aromatic N) is 1. The minimum Gasteiger partial charge on any atom is -0.494 e. The van der Waals surface area contributed by atoms with E-state index in [0.717, 1.165) is 0 Å². The van der Waals surface area contributed by atoms with Gasteiger partial charge in [0, 0.05) is 5.56 Å². The number of hydrogen-bond acceptors (Lipinski definition) is 4. The van der Waals surface area contributed by atoms with E-state index in [4.69, 9.17) is 9.84 Å². The van der Waals surface area contributed by atoms with Crippen molar-refractivity contribution in [3.8, 4) is 5.75 Å². The Hall–Kier alpha value is -2.48. The summed E-state index contributed by atoms with van der Waals surface area (Å²) in [5.41, 5.74) is 0.148. The topological polar surface area (TPSA) is 88.5 Å². The van der Waals surface area contributed by atoms with Crippen molar-refractivity contribution < 1.29 is 23.8 Å². The molecule has 0 radical (unpaired) electrons. The Morgan fingerprint density at radius 3 is 2.62 bits per heavy atom. The molecule has 6 nitrogen and oxygen atoms in total. The van der Waals surface area contributed by atoms with Crippen LogP contribution in [0.1, 0.15) is 28.5 Å². The fraction of sp³-hybridized carbons (Fsp3) is 0.188. The molecule has 0 saturated heterocycles. The average Bonchev–Trinajstić information content (AvgIpc) is 2.54. The molecule has 1 aromatic heterocycles. The molecule has 1 amide bonds. The third-order valence-corrected chi connectivity index (χ3v) is 3.80. The number of hydrogen-bond donors (Lipinski definition) is 2. The van der Waals surface area contributed by atoms with E-state index in [-0.39, 0.29) is 11.3 Å². The maximum Gasteiger partial charge on any atom is 0.305 e. The van der Waals surface area contributed by atoms with Gasteiger partial charge < -0.3 is 15.2 Å². The molecule has 2 aromatic rings. The predicted molar refractivity (Wildman–Crippen MR) is 87.3 cm³/mol. The largest absolute Gasteiger partial charge is 0.494 e. The zero-order chi connectivity index (χ0) is 17.7. The summed E-state index contributed by atoms with van der Waals surface area (Å²) in [5.74, 6) is -1.92. The predicted octanol–water partition coefficient (Wildman–Crippen LogP) is 2.94. The van der Waals surface area contributed by atoms with Gasteiger partial charge >= 0.3 is 5.97 Å². The summed E-state index contributed by atoms with van der Waals surface area (Å²) in [6.07, 6.45) is -0.454. The van der Waals surface area contributed by atoms with Crippen molar-refractivity contribution >= 4 is 27.8 Å². The number of benzene rings is 1. The molecule has 126 valence electrons. The molecule has 0 saturated carbocycles. The Labute approximate surface area is 145 Å². The van der Waals surface area contributed by atoms with Crippen LogP contribution < -0.4 is 10.1 Å². The molecule has 0 aliphatic rings. The Kier molecular flexibility index (Phi) is 5.86. The molecule has 1 aromatic carbocycles. The van der Waals surface area contributed by atoms with E-state index in [9.17, 15) is 14.0 Å². The van der Waals surface area contributed by atoms with Gasteiger partial charge in [-0.2, -0.15) is 0 Å². The number of ether oxygens (including phenoxy) is 1. The average molecular weight is 397 g/mol. The molecule has 2 rings (SSSR count). The van der Waals surface area contributed by atoms with Gasteiger partial charge in [0.25, 0.3) is 5.91 Å². The fourth-order valence-corrected chi connectivity index (χ4v) is 2.59. The Morgan fingerprint density at radius 1 is 1.33 bits per heavy atom.